The van der Waals surface area contributed by atoms with Crippen molar-refractivity contribution in [1.29, 1.82) is 0 Å². The molecule has 2 atom stereocenters. The minimum atomic E-state index is -1.09. The molecule has 7 heteroatoms. The zero-order valence-corrected chi connectivity index (χ0v) is 20.0. The summed E-state index contributed by atoms with van der Waals surface area (Å²) >= 11 is 0. The Kier molecular flexibility index (Phi) is 5.81. The van der Waals surface area contributed by atoms with Crippen LogP contribution in [0, 0.1) is 0 Å². The van der Waals surface area contributed by atoms with E-state index >= 15 is 0 Å². The van der Waals surface area contributed by atoms with E-state index in [4.69, 9.17) is 9.47 Å². The Morgan fingerprint density at radius 3 is 2.68 bits per heavy atom. The molecule has 0 bridgehead atoms. The van der Waals surface area contributed by atoms with Gasteiger partial charge in [-0.05, 0) is 38.0 Å². The number of aromatic amines is 1. The fraction of sp³-hybridized carbons (Fsp3) is 0.407. The molecule has 7 nitrogen and oxygen atoms in total. The molecule has 1 saturated heterocycles. The lowest BCUT2D eigenvalue weighted by atomic mass is 9.76. The normalized spacial score (nSPS) is 22.1. The van der Waals surface area contributed by atoms with E-state index in [1.807, 2.05) is 56.3 Å². The molecule has 2 amide bonds. The van der Waals surface area contributed by atoms with Gasteiger partial charge >= 0.3 is 0 Å². The number of nitrogens with one attached hydrogen (secondary N) is 1. The number of H-pyrrole nitrogens is 1. The molecule has 0 aliphatic carbocycles. The highest BCUT2D eigenvalue weighted by Gasteiger charge is 2.56. The van der Waals surface area contributed by atoms with Crippen LogP contribution in [-0.2, 0) is 19.9 Å². The zero-order chi connectivity index (χ0) is 23.9. The van der Waals surface area contributed by atoms with Gasteiger partial charge in [0, 0.05) is 48.7 Å². The van der Waals surface area contributed by atoms with Crippen molar-refractivity contribution in [3.05, 3.63) is 65.4 Å². The molecule has 1 aromatic heterocycles. The number of aromatic nitrogens is 1. The zero-order valence-electron chi connectivity index (χ0n) is 20.0. The summed E-state index contributed by atoms with van der Waals surface area (Å²) in [5.74, 6) is 0.579. The molecule has 0 spiro atoms. The van der Waals surface area contributed by atoms with Gasteiger partial charge in [0.15, 0.2) is 5.54 Å². The number of piperazine rings is 1. The lowest BCUT2D eigenvalue weighted by molar-refractivity contribution is -0.166. The van der Waals surface area contributed by atoms with Gasteiger partial charge in [-0.1, -0.05) is 36.4 Å². The van der Waals surface area contributed by atoms with E-state index in [1.165, 1.54) is 0 Å². The number of ether oxygens (including phenoxy) is 2. The number of rotatable bonds is 7. The summed E-state index contributed by atoms with van der Waals surface area (Å²) in [7, 11) is 1.66. The largest absolute Gasteiger partial charge is 0.496 e. The average Bonchev–Trinajstić information content (AvgIpc) is 3.26. The topological polar surface area (TPSA) is 74.9 Å². The highest BCUT2D eigenvalue weighted by atomic mass is 16.5. The number of benzene rings is 2. The van der Waals surface area contributed by atoms with E-state index in [0.717, 1.165) is 33.5 Å². The fourth-order valence-corrected chi connectivity index (χ4v) is 5.59. The van der Waals surface area contributed by atoms with Gasteiger partial charge in [0.2, 0.25) is 5.91 Å². The third kappa shape index (κ3) is 3.38. The van der Waals surface area contributed by atoms with E-state index in [0.29, 0.717) is 32.7 Å². The summed E-state index contributed by atoms with van der Waals surface area (Å²) in [5.41, 5.74) is 2.75. The molecule has 2 aliphatic heterocycles. The standard InChI is InChI=1S/C27H31N3O4/c1-4-34-15-9-14-29-17-23(31)30-16-20(18-10-6-8-13-22(18)33-3)24-19-11-5-7-12-21(19)28-25(24)27(30,2)26(29)32/h5-8,10-13,20,28H,4,9,14-17H2,1-3H3/t20-,27-/m0/s1. The molecule has 34 heavy (non-hydrogen) atoms. The number of nitrogens with zero attached hydrogens (tertiary/aromatic N) is 2. The lowest BCUT2D eigenvalue weighted by Gasteiger charge is -2.51. The Bertz CT molecular complexity index is 1240. The molecule has 0 unspecified atom stereocenters. The van der Waals surface area contributed by atoms with Crippen LogP contribution in [0.15, 0.2) is 48.5 Å². The number of amides is 2. The van der Waals surface area contributed by atoms with Crippen molar-refractivity contribution in [2.75, 3.05) is 40.0 Å². The van der Waals surface area contributed by atoms with Crippen molar-refractivity contribution < 1.29 is 19.1 Å². The first-order valence-corrected chi connectivity index (χ1v) is 11.9. The van der Waals surface area contributed by atoms with Gasteiger partial charge in [-0.15, -0.1) is 0 Å². The maximum atomic E-state index is 13.9. The van der Waals surface area contributed by atoms with Crippen molar-refractivity contribution in [3.8, 4) is 5.75 Å². The highest BCUT2D eigenvalue weighted by Crippen LogP contribution is 2.49. The molecule has 2 aliphatic rings. The fourth-order valence-electron chi connectivity index (χ4n) is 5.59. The Morgan fingerprint density at radius 1 is 1.12 bits per heavy atom. The van der Waals surface area contributed by atoms with E-state index in [9.17, 15) is 9.59 Å². The predicted molar refractivity (Wildman–Crippen MR) is 130 cm³/mol. The van der Waals surface area contributed by atoms with Crippen LogP contribution < -0.4 is 4.74 Å². The van der Waals surface area contributed by atoms with Gasteiger partial charge in [0.25, 0.3) is 5.91 Å². The quantitative estimate of drug-likeness (QED) is 0.545. The Balaban J connectivity index is 1.64. The second-order valence-corrected chi connectivity index (χ2v) is 9.11. The Labute approximate surface area is 199 Å². The summed E-state index contributed by atoms with van der Waals surface area (Å²) in [6.45, 7) is 6.06. The van der Waals surface area contributed by atoms with Crippen LogP contribution in [0.2, 0.25) is 0 Å². The number of carbonyl (C=O) groups is 2. The molecule has 1 fully saturated rings. The van der Waals surface area contributed by atoms with Crippen molar-refractivity contribution >= 4 is 22.7 Å². The number of carbonyl (C=O) groups excluding carboxylic acids is 2. The van der Waals surface area contributed by atoms with Gasteiger partial charge < -0.3 is 24.3 Å². The van der Waals surface area contributed by atoms with Crippen LogP contribution in [0.4, 0.5) is 0 Å². The van der Waals surface area contributed by atoms with Crippen LogP contribution in [-0.4, -0.2) is 66.6 Å². The number of hydrogen-bond acceptors (Lipinski definition) is 4. The van der Waals surface area contributed by atoms with Gasteiger partial charge in [-0.25, -0.2) is 0 Å². The molecule has 5 rings (SSSR count). The molecule has 2 aromatic carbocycles. The molecular formula is C27H31N3O4. The maximum absolute atomic E-state index is 13.9. The second-order valence-electron chi connectivity index (χ2n) is 9.11. The lowest BCUT2D eigenvalue weighted by Crippen LogP contribution is -2.67. The Hall–Kier alpha value is -3.32. The van der Waals surface area contributed by atoms with Crippen molar-refractivity contribution in [3.63, 3.8) is 0 Å². The monoisotopic (exact) mass is 461 g/mol. The van der Waals surface area contributed by atoms with Crippen LogP contribution >= 0.6 is 0 Å². The molecular weight excluding hydrogens is 430 g/mol. The van der Waals surface area contributed by atoms with Gasteiger partial charge in [-0.2, -0.15) is 0 Å². The summed E-state index contributed by atoms with van der Waals surface area (Å²) in [4.78, 5) is 34.4. The smallest absolute Gasteiger partial charge is 0.254 e. The summed E-state index contributed by atoms with van der Waals surface area (Å²) < 4.78 is 11.1. The molecule has 3 heterocycles. The van der Waals surface area contributed by atoms with Crippen LogP contribution in [0.25, 0.3) is 10.9 Å². The maximum Gasteiger partial charge on any atom is 0.254 e. The number of hydrogen-bond donors (Lipinski definition) is 1. The summed E-state index contributed by atoms with van der Waals surface area (Å²) in [6.07, 6.45) is 0.701. The third-order valence-electron chi connectivity index (χ3n) is 7.25. The van der Waals surface area contributed by atoms with Crippen molar-refractivity contribution in [2.24, 2.45) is 0 Å². The molecule has 178 valence electrons. The molecule has 0 radical (unpaired) electrons. The van der Waals surface area contributed by atoms with Crippen LogP contribution in [0.1, 0.15) is 43.0 Å². The first-order valence-electron chi connectivity index (χ1n) is 11.9. The minimum Gasteiger partial charge on any atom is -0.496 e. The van der Waals surface area contributed by atoms with Crippen molar-refractivity contribution in [2.45, 2.75) is 31.7 Å². The van der Waals surface area contributed by atoms with E-state index in [-0.39, 0.29) is 24.3 Å². The average molecular weight is 462 g/mol. The highest BCUT2D eigenvalue weighted by molar-refractivity contribution is 6.01. The molecule has 3 aromatic rings. The summed E-state index contributed by atoms with van der Waals surface area (Å²) in [5, 5.41) is 1.07. The van der Waals surface area contributed by atoms with Gasteiger partial charge in [0.05, 0.1) is 19.3 Å². The first kappa shape index (κ1) is 22.5. The third-order valence-corrected chi connectivity index (χ3v) is 7.25. The summed E-state index contributed by atoms with van der Waals surface area (Å²) in [6, 6.07) is 16.0. The Morgan fingerprint density at radius 2 is 1.88 bits per heavy atom. The SMILES string of the molecule is CCOCCCN1CC(=O)N2C[C@@H](c3ccccc3OC)c3c([nH]c4ccccc34)[C@@]2(C)C1=O. The van der Waals surface area contributed by atoms with Gasteiger partial charge in [-0.3, -0.25) is 9.59 Å². The van der Waals surface area contributed by atoms with Crippen LogP contribution in [0.5, 0.6) is 5.75 Å². The van der Waals surface area contributed by atoms with Gasteiger partial charge in [0.1, 0.15) is 5.75 Å². The number of methoxy groups -OCH3 is 1. The first-order chi connectivity index (χ1) is 16.5. The minimum absolute atomic E-state index is 0.0392. The molecule has 0 saturated carbocycles. The number of para-hydroxylation sites is 2. The predicted octanol–water partition coefficient (Wildman–Crippen LogP) is 3.63. The van der Waals surface area contributed by atoms with Crippen molar-refractivity contribution in [1.82, 2.24) is 14.8 Å². The molecule has 1 N–H and O–H groups in total. The van der Waals surface area contributed by atoms with Crippen LogP contribution in [0.3, 0.4) is 0 Å². The van der Waals surface area contributed by atoms with E-state index in [1.54, 1.807) is 16.9 Å². The van der Waals surface area contributed by atoms with E-state index in [2.05, 4.69) is 11.1 Å². The number of fused-ring (bicyclic) bond motifs is 5. The second kappa shape index (κ2) is 8.80. The van der Waals surface area contributed by atoms with E-state index < -0.39 is 5.54 Å².